The zero-order valence-corrected chi connectivity index (χ0v) is 11.9. The van der Waals surface area contributed by atoms with E-state index in [4.69, 9.17) is 0 Å². The molecule has 2 unspecified atom stereocenters. The summed E-state index contributed by atoms with van der Waals surface area (Å²) in [5, 5.41) is 7.03. The number of aromatic nitrogens is 1. The fourth-order valence-electron chi connectivity index (χ4n) is 2.32. The normalized spacial score (nSPS) is 23.8. The molecule has 1 aromatic heterocycles. The van der Waals surface area contributed by atoms with Crippen LogP contribution >= 0.6 is 11.3 Å². The SMILES string of the molecule is CCC(C)C1CN(Cc2nc(C)cs2)CCN1. The quantitative estimate of drug-likeness (QED) is 0.892. The second-order valence-electron chi connectivity index (χ2n) is 5.06. The average Bonchev–Trinajstić information content (AvgIpc) is 2.74. The van der Waals surface area contributed by atoms with Crippen molar-refractivity contribution in [2.45, 2.75) is 39.8 Å². The van der Waals surface area contributed by atoms with Crippen molar-refractivity contribution in [2.24, 2.45) is 5.92 Å². The summed E-state index contributed by atoms with van der Waals surface area (Å²) in [7, 11) is 0. The van der Waals surface area contributed by atoms with Gasteiger partial charge in [-0.25, -0.2) is 4.98 Å². The van der Waals surface area contributed by atoms with Crippen LogP contribution in [0.25, 0.3) is 0 Å². The molecule has 1 N–H and O–H groups in total. The Labute approximate surface area is 108 Å². The third-order valence-corrected chi connectivity index (χ3v) is 4.60. The number of aryl methyl sites for hydroxylation is 1. The highest BCUT2D eigenvalue weighted by molar-refractivity contribution is 7.09. The minimum absolute atomic E-state index is 0.648. The van der Waals surface area contributed by atoms with E-state index >= 15 is 0 Å². The number of hydrogen-bond acceptors (Lipinski definition) is 4. The van der Waals surface area contributed by atoms with Crippen molar-refractivity contribution >= 4 is 11.3 Å². The number of rotatable bonds is 4. The molecule has 1 aliphatic rings. The molecular formula is C13H23N3S. The van der Waals surface area contributed by atoms with E-state index in [0.29, 0.717) is 6.04 Å². The van der Waals surface area contributed by atoms with Gasteiger partial charge in [0.2, 0.25) is 0 Å². The number of piperazine rings is 1. The molecule has 0 amide bonds. The number of nitrogens with zero attached hydrogens (tertiary/aromatic N) is 2. The standard InChI is InChI=1S/C13H23N3S/c1-4-10(2)12-7-16(6-5-14-12)8-13-15-11(3)9-17-13/h9-10,12,14H,4-8H2,1-3H3. The molecule has 0 aromatic carbocycles. The Hall–Kier alpha value is -0.450. The maximum Gasteiger partial charge on any atom is 0.107 e. The van der Waals surface area contributed by atoms with E-state index in [1.165, 1.54) is 11.4 Å². The van der Waals surface area contributed by atoms with Crippen molar-refractivity contribution in [3.63, 3.8) is 0 Å². The van der Waals surface area contributed by atoms with Crippen LogP contribution in [-0.2, 0) is 6.54 Å². The van der Waals surface area contributed by atoms with Gasteiger partial charge in [0, 0.05) is 36.8 Å². The van der Waals surface area contributed by atoms with Crippen LogP contribution in [0.15, 0.2) is 5.38 Å². The fraction of sp³-hybridized carbons (Fsp3) is 0.769. The van der Waals surface area contributed by atoms with Crippen molar-refractivity contribution < 1.29 is 0 Å². The van der Waals surface area contributed by atoms with Crippen LogP contribution < -0.4 is 5.32 Å². The van der Waals surface area contributed by atoms with E-state index in [0.717, 1.165) is 37.8 Å². The maximum absolute atomic E-state index is 4.55. The molecule has 4 heteroatoms. The summed E-state index contributed by atoms with van der Waals surface area (Å²) in [6, 6.07) is 0.648. The Morgan fingerprint density at radius 2 is 2.47 bits per heavy atom. The Balaban J connectivity index is 1.89. The summed E-state index contributed by atoms with van der Waals surface area (Å²) < 4.78 is 0. The summed E-state index contributed by atoms with van der Waals surface area (Å²) in [5.74, 6) is 0.760. The Kier molecular flexibility index (Phi) is 4.54. The van der Waals surface area contributed by atoms with E-state index in [2.05, 4.69) is 41.4 Å². The van der Waals surface area contributed by atoms with Gasteiger partial charge >= 0.3 is 0 Å². The lowest BCUT2D eigenvalue weighted by Crippen LogP contribution is -2.52. The number of nitrogens with one attached hydrogen (secondary N) is 1. The monoisotopic (exact) mass is 253 g/mol. The van der Waals surface area contributed by atoms with E-state index in [1.807, 2.05) is 0 Å². The van der Waals surface area contributed by atoms with Crippen LogP contribution in [0.1, 0.15) is 31.0 Å². The summed E-state index contributed by atoms with van der Waals surface area (Å²) in [4.78, 5) is 7.08. The van der Waals surface area contributed by atoms with Crippen LogP contribution in [0.3, 0.4) is 0 Å². The molecule has 2 heterocycles. The van der Waals surface area contributed by atoms with Crippen LogP contribution in [0.5, 0.6) is 0 Å². The Morgan fingerprint density at radius 3 is 3.12 bits per heavy atom. The van der Waals surface area contributed by atoms with E-state index in [-0.39, 0.29) is 0 Å². The zero-order chi connectivity index (χ0) is 12.3. The van der Waals surface area contributed by atoms with Crippen molar-refractivity contribution in [2.75, 3.05) is 19.6 Å². The van der Waals surface area contributed by atoms with Gasteiger partial charge in [0.05, 0.1) is 6.54 Å². The van der Waals surface area contributed by atoms with Crippen molar-refractivity contribution in [3.05, 3.63) is 16.1 Å². The topological polar surface area (TPSA) is 28.2 Å². The molecule has 17 heavy (non-hydrogen) atoms. The lowest BCUT2D eigenvalue weighted by atomic mass is 9.97. The van der Waals surface area contributed by atoms with Gasteiger partial charge in [0.15, 0.2) is 0 Å². The highest BCUT2D eigenvalue weighted by Crippen LogP contribution is 2.16. The summed E-state index contributed by atoms with van der Waals surface area (Å²) >= 11 is 1.79. The molecule has 1 aliphatic heterocycles. The van der Waals surface area contributed by atoms with Crippen molar-refractivity contribution in [3.8, 4) is 0 Å². The minimum atomic E-state index is 0.648. The molecule has 0 radical (unpaired) electrons. The van der Waals surface area contributed by atoms with E-state index in [1.54, 1.807) is 11.3 Å². The van der Waals surface area contributed by atoms with Gasteiger partial charge in [-0.2, -0.15) is 0 Å². The molecule has 0 bridgehead atoms. The predicted molar refractivity (Wildman–Crippen MR) is 73.4 cm³/mol. The first-order valence-electron chi connectivity index (χ1n) is 6.55. The van der Waals surface area contributed by atoms with Crippen molar-refractivity contribution in [1.82, 2.24) is 15.2 Å². The summed E-state index contributed by atoms with van der Waals surface area (Å²) in [5.41, 5.74) is 1.15. The Bertz CT molecular complexity index is 350. The minimum Gasteiger partial charge on any atom is -0.311 e. The van der Waals surface area contributed by atoms with Crippen LogP contribution in [-0.4, -0.2) is 35.6 Å². The molecule has 1 aromatic rings. The first-order chi connectivity index (χ1) is 8.19. The van der Waals surface area contributed by atoms with Crippen LogP contribution in [0.4, 0.5) is 0 Å². The van der Waals surface area contributed by atoms with Gasteiger partial charge in [-0.1, -0.05) is 20.3 Å². The average molecular weight is 253 g/mol. The van der Waals surface area contributed by atoms with Gasteiger partial charge in [-0.15, -0.1) is 11.3 Å². The van der Waals surface area contributed by atoms with Crippen LogP contribution in [0, 0.1) is 12.8 Å². The molecule has 2 rings (SSSR count). The molecule has 96 valence electrons. The molecule has 3 nitrogen and oxygen atoms in total. The smallest absolute Gasteiger partial charge is 0.107 e. The predicted octanol–water partition coefficient (Wildman–Crippen LogP) is 2.27. The third-order valence-electron chi connectivity index (χ3n) is 3.65. The van der Waals surface area contributed by atoms with Gasteiger partial charge < -0.3 is 5.32 Å². The molecule has 0 spiro atoms. The molecule has 2 atom stereocenters. The second kappa shape index (κ2) is 5.94. The van der Waals surface area contributed by atoms with E-state index < -0.39 is 0 Å². The summed E-state index contributed by atoms with van der Waals surface area (Å²) in [6.07, 6.45) is 1.25. The van der Waals surface area contributed by atoms with Gasteiger partial charge in [0.25, 0.3) is 0 Å². The molecule has 0 aliphatic carbocycles. The van der Waals surface area contributed by atoms with Crippen molar-refractivity contribution in [1.29, 1.82) is 0 Å². The lowest BCUT2D eigenvalue weighted by molar-refractivity contribution is 0.162. The fourth-order valence-corrected chi connectivity index (χ4v) is 3.13. The maximum atomic E-state index is 4.55. The molecule has 0 saturated carbocycles. The van der Waals surface area contributed by atoms with Gasteiger partial charge in [-0.3, -0.25) is 4.90 Å². The third kappa shape index (κ3) is 3.50. The summed E-state index contributed by atoms with van der Waals surface area (Å²) in [6.45, 7) is 11.1. The number of thiazole rings is 1. The van der Waals surface area contributed by atoms with Crippen LogP contribution in [0.2, 0.25) is 0 Å². The molecule has 1 saturated heterocycles. The molecule has 1 fully saturated rings. The number of hydrogen-bond donors (Lipinski definition) is 1. The molecular weight excluding hydrogens is 230 g/mol. The van der Waals surface area contributed by atoms with Gasteiger partial charge in [0.1, 0.15) is 5.01 Å². The van der Waals surface area contributed by atoms with E-state index in [9.17, 15) is 0 Å². The second-order valence-corrected chi connectivity index (χ2v) is 6.01. The highest BCUT2D eigenvalue weighted by atomic mass is 32.1. The Morgan fingerprint density at radius 1 is 1.65 bits per heavy atom. The largest absolute Gasteiger partial charge is 0.311 e. The first kappa shape index (κ1) is 13.0. The highest BCUT2D eigenvalue weighted by Gasteiger charge is 2.23. The zero-order valence-electron chi connectivity index (χ0n) is 11.1. The first-order valence-corrected chi connectivity index (χ1v) is 7.43. The lowest BCUT2D eigenvalue weighted by Gasteiger charge is -2.36. The van der Waals surface area contributed by atoms with Gasteiger partial charge in [-0.05, 0) is 12.8 Å².